The van der Waals surface area contributed by atoms with Crippen molar-refractivity contribution in [3.8, 4) is 0 Å². The van der Waals surface area contributed by atoms with Crippen molar-refractivity contribution in [1.29, 1.82) is 0 Å². The van der Waals surface area contributed by atoms with Crippen LogP contribution < -0.4 is 5.73 Å². The number of Topliss-reactive ketones (excluding diaryl/α,β-unsaturated/α-hetero) is 1. The van der Waals surface area contributed by atoms with Gasteiger partial charge in [-0.25, -0.2) is 0 Å². The first-order chi connectivity index (χ1) is 9.16. The van der Waals surface area contributed by atoms with Crippen molar-refractivity contribution in [2.45, 2.75) is 0 Å². The molecule has 0 aliphatic heterocycles. The molecule has 1 amide bonds. The second-order valence-electron chi connectivity index (χ2n) is 4.42. The second kappa shape index (κ2) is 4.21. The summed E-state index contributed by atoms with van der Waals surface area (Å²) in [6, 6.07) is 17.1. The molecule has 0 unspecified atom stereocenters. The average molecular weight is 249 g/mol. The van der Waals surface area contributed by atoms with Crippen LogP contribution in [0.1, 0.15) is 10.4 Å². The van der Waals surface area contributed by atoms with E-state index in [2.05, 4.69) is 0 Å². The van der Waals surface area contributed by atoms with Crippen LogP contribution in [0, 0.1) is 0 Å². The van der Waals surface area contributed by atoms with Crippen molar-refractivity contribution in [1.82, 2.24) is 0 Å². The number of primary amides is 1. The molecule has 0 radical (unpaired) electrons. The lowest BCUT2D eigenvalue weighted by Crippen LogP contribution is -2.23. The Balaban J connectivity index is 2.38. The molecule has 0 aliphatic carbocycles. The van der Waals surface area contributed by atoms with E-state index in [1.54, 1.807) is 12.1 Å². The molecular formula is C16H11NO2. The van der Waals surface area contributed by atoms with Crippen LogP contribution in [0.3, 0.4) is 0 Å². The summed E-state index contributed by atoms with van der Waals surface area (Å²) in [6.45, 7) is 0. The molecule has 0 saturated heterocycles. The molecule has 3 nitrogen and oxygen atoms in total. The Morgan fingerprint density at radius 1 is 0.789 bits per heavy atom. The molecule has 3 aromatic rings. The molecule has 0 fully saturated rings. The molecule has 2 N–H and O–H groups in total. The molecule has 0 saturated carbocycles. The van der Waals surface area contributed by atoms with Gasteiger partial charge in [0.2, 0.25) is 0 Å². The minimum absolute atomic E-state index is 0.357. The van der Waals surface area contributed by atoms with Crippen LogP contribution in [0.5, 0.6) is 0 Å². The topological polar surface area (TPSA) is 60.2 Å². The standard InChI is InChI=1S/C16H11NO2/c17-16(19)15(18)13-7-3-6-12-8-10-4-1-2-5-11(10)9-14(12)13/h1-9H,(H2,17,19). The normalized spacial score (nSPS) is 10.7. The van der Waals surface area contributed by atoms with E-state index in [-0.39, 0.29) is 0 Å². The van der Waals surface area contributed by atoms with E-state index in [4.69, 9.17) is 5.73 Å². The van der Waals surface area contributed by atoms with E-state index in [0.717, 1.165) is 21.5 Å². The van der Waals surface area contributed by atoms with Crippen LogP contribution >= 0.6 is 0 Å². The fourth-order valence-corrected chi connectivity index (χ4v) is 2.30. The summed E-state index contributed by atoms with van der Waals surface area (Å²) in [5.74, 6) is -1.58. The van der Waals surface area contributed by atoms with E-state index in [1.165, 1.54) is 0 Å². The van der Waals surface area contributed by atoms with Gasteiger partial charge in [0.25, 0.3) is 11.7 Å². The van der Waals surface area contributed by atoms with Gasteiger partial charge in [-0.15, -0.1) is 0 Å². The van der Waals surface area contributed by atoms with E-state index in [9.17, 15) is 9.59 Å². The van der Waals surface area contributed by atoms with Gasteiger partial charge in [-0.1, -0.05) is 42.5 Å². The first-order valence-corrected chi connectivity index (χ1v) is 5.92. The van der Waals surface area contributed by atoms with Gasteiger partial charge in [-0.3, -0.25) is 9.59 Å². The average Bonchev–Trinajstić information content (AvgIpc) is 2.43. The zero-order valence-electron chi connectivity index (χ0n) is 10.1. The molecule has 19 heavy (non-hydrogen) atoms. The van der Waals surface area contributed by atoms with Gasteiger partial charge in [0, 0.05) is 5.56 Å². The predicted molar refractivity (Wildman–Crippen MR) is 75.0 cm³/mol. The molecule has 0 bridgehead atoms. The Morgan fingerprint density at radius 2 is 1.42 bits per heavy atom. The lowest BCUT2D eigenvalue weighted by Gasteiger charge is -2.06. The van der Waals surface area contributed by atoms with Crippen LogP contribution in [0.4, 0.5) is 0 Å². The summed E-state index contributed by atoms with van der Waals surface area (Å²) >= 11 is 0. The van der Waals surface area contributed by atoms with Crippen LogP contribution in [-0.2, 0) is 4.79 Å². The Hall–Kier alpha value is -2.68. The highest BCUT2D eigenvalue weighted by Gasteiger charge is 2.15. The summed E-state index contributed by atoms with van der Waals surface area (Å²) in [6.07, 6.45) is 0. The summed E-state index contributed by atoms with van der Waals surface area (Å²) < 4.78 is 0. The van der Waals surface area contributed by atoms with Crippen LogP contribution in [0.15, 0.2) is 54.6 Å². The fourth-order valence-electron chi connectivity index (χ4n) is 2.30. The minimum atomic E-state index is -0.930. The number of ketones is 1. The van der Waals surface area contributed by atoms with Crippen molar-refractivity contribution in [3.63, 3.8) is 0 Å². The monoisotopic (exact) mass is 249 g/mol. The molecule has 92 valence electrons. The highest BCUT2D eigenvalue weighted by Crippen LogP contribution is 2.25. The lowest BCUT2D eigenvalue weighted by atomic mass is 9.97. The quantitative estimate of drug-likeness (QED) is 0.431. The van der Waals surface area contributed by atoms with Gasteiger partial charge in [0.05, 0.1) is 0 Å². The second-order valence-corrected chi connectivity index (χ2v) is 4.42. The van der Waals surface area contributed by atoms with Gasteiger partial charge >= 0.3 is 0 Å². The predicted octanol–water partition coefficient (Wildman–Crippen LogP) is 2.66. The number of hydrogen-bond donors (Lipinski definition) is 1. The van der Waals surface area contributed by atoms with Crippen molar-refractivity contribution in [2.24, 2.45) is 5.73 Å². The van der Waals surface area contributed by atoms with Gasteiger partial charge in [-0.05, 0) is 33.7 Å². The number of rotatable bonds is 2. The number of carbonyl (C=O) groups is 2. The van der Waals surface area contributed by atoms with Crippen LogP contribution in [0.2, 0.25) is 0 Å². The third-order valence-corrected chi connectivity index (χ3v) is 3.22. The SMILES string of the molecule is NC(=O)C(=O)c1cccc2cc3ccccc3cc12. The zero-order chi connectivity index (χ0) is 13.4. The largest absolute Gasteiger partial charge is 0.363 e. The van der Waals surface area contributed by atoms with E-state index < -0.39 is 11.7 Å². The Labute approximate surface area is 109 Å². The molecule has 3 heteroatoms. The molecule has 0 aliphatic rings. The van der Waals surface area contributed by atoms with Crippen molar-refractivity contribution in [2.75, 3.05) is 0 Å². The van der Waals surface area contributed by atoms with E-state index in [1.807, 2.05) is 42.5 Å². The molecule has 3 aromatic carbocycles. The minimum Gasteiger partial charge on any atom is -0.363 e. The molecule has 0 spiro atoms. The summed E-state index contributed by atoms with van der Waals surface area (Å²) in [4.78, 5) is 22.9. The summed E-state index contributed by atoms with van der Waals surface area (Å²) in [5.41, 5.74) is 5.44. The molecular weight excluding hydrogens is 238 g/mol. The maximum Gasteiger partial charge on any atom is 0.289 e. The number of carbonyl (C=O) groups excluding carboxylic acids is 2. The van der Waals surface area contributed by atoms with Crippen LogP contribution in [0.25, 0.3) is 21.5 Å². The number of nitrogens with two attached hydrogens (primary N) is 1. The van der Waals surface area contributed by atoms with Gasteiger partial charge in [0.1, 0.15) is 0 Å². The maximum absolute atomic E-state index is 11.8. The first-order valence-electron chi connectivity index (χ1n) is 5.92. The van der Waals surface area contributed by atoms with Gasteiger partial charge < -0.3 is 5.73 Å². The third kappa shape index (κ3) is 1.85. The molecule has 0 atom stereocenters. The van der Waals surface area contributed by atoms with E-state index >= 15 is 0 Å². The Morgan fingerprint density at radius 3 is 2.11 bits per heavy atom. The van der Waals surface area contributed by atoms with Crippen molar-refractivity contribution in [3.05, 3.63) is 60.2 Å². The maximum atomic E-state index is 11.8. The van der Waals surface area contributed by atoms with Crippen LogP contribution in [-0.4, -0.2) is 11.7 Å². The summed E-state index contributed by atoms with van der Waals surface area (Å²) in [5, 5.41) is 3.80. The molecule has 0 heterocycles. The number of amides is 1. The molecule has 0 aromatic heterocycles. The third-order valence-electron chi connectivity index (χ3n) is 3.22. The van der Waals surface area contributed by atoms with Gasteiger partial charge in [-0.2, -0.15) is 0 Å². The zero-order valence-corrected chi connectivity index (χ0v) is 10.1. The van der Waals surface area contributed by atoms with Crippen molar-refractivity contribution >= 4 is 33.2 Å². The highest BCUT2D eigenvalue weighted by atomic mass is 16.2. The fraction of sp³-hybridized carbons (Fsp3) is 0. The first kappa shape index (κ1) is 11.4. The summed E-state index contributed by atoms with van der Waals surface area (Å²) in [7, 11) is 0. The number of benzene rings is 3. The molecule has 3 rings (SSSR count). The van der Waals surface area contributed by atoms with E-state index in [0.29, 0.717) is 5.56 Å². The number of hydrogen-bond acceptors (Lipinski definition) is 2. The Bertz CT molecular complexity index is 821. The number of fused-ring (bicyclic) bond motifs is 2. The highest BCUT2D eigenvalue weighted by molar-refractivity contribution is 6.44. The van der Waals surface area contributed by atoms with Crippen molar-refractivity contribution < 1.29 is 9.59 Å². The lowest BCUT2D eigenvalue weighted by molar-refractivity contribution is -0.114. The Kier molecular flexibility index (Phi) is 2.53. The smallest absolute Gasteiger partial charge is 0.289 e. The van der Waals surface area contributed by atoms with Gasteiger partial charge in [0.15, 0.2) is 0 Å².